The quantitative estimate of drug-likeness (QED) is 0.637. The van der Waals surface area contributed by atoms with Gasteiger partial charge in [-0.2, -0.15) is 0 Å². The molecule has 3 aromatic rings. The van der Waals surface area contributed by atoms with Crippen molar-refractivity contribution < 1.29 is 18.8 Å². The smallest absolute Gasteiger partial charge is 0.269 e. The minimum Gasteiger partial charge on any atom is -0.325 e. The minimum absolute atomic E-state index is 0.0980. The number of thioether (sulfide) groups is 1. The van der Waals surface area contributed by atoms with Crippen molar-refractivity contribution in [3.63, 3.8) is 0 Å². The van der Waals surface area contributed by atoms with Gasteiger partial charge in [0, 0.05) is 16.9 Å². The number of rotatable bonds is 4. The molecular formula is C25H20FN3O3S. The largest absolute Gasteiger partial charge is 0.325 e. The van der Waals surface area contributed by atoms with E-state index in [1.165, 1.54) is 45.8 Å². The Bertz CT molecular complexity index is 1280. The van der Waals surface area contributed by atoms with Crippen molar-refractivity contribution in [1.29, 1.82) is 0 Å². The monoisotopic (exact) mass is 461 g/mol. The first-order valence-electron chi connectivity index (χ1n) is 10.4. The summed E-state index contributed by atoms with van der Waals surface area (Å²) in [7, 11) is 0. The van der Waals surface area contributed by atoms with E-state index in [2.05, 4.69) is 5.32 Å². The maximum atomic E-state index is 13.9. The summed E-state index contributed by atoms with van der Waals surface area (Å²) < 4.78 is 13.5. The van der Waals surface area contributed by atoms with Gasteiger partial charge >= 0.3 is 0 Å². The van der Waals surface area contributed by atoms with E-state index in [1.54, 1.807) is 30.3 Å². The molecule has 1 spiro atoms. The maximum Gasteiger partial charge on any atom is 0.269 e. The number of halogens is 1. The van der Waals surface area contributed by atoms with Gasteiger partial charge in [-0.05, 0) is 55.0 Å². The Hall–Kier alpha value is -3.65. The van der Waals surface area contributed by atoms with Crippen LogP contribution in [0.5, 0.6) is 0 Å². The van der Waals surface area contributed by atoms with E-state index in [-0.39, 0.29) is 30.0 Å². The second-order valence-corrected chi connectivity index (χ2v) is 9.13. The highest BCUT2D eigenvalue weighted by atomic mass is 32.2. The molecule has 1 saturated heterocycles. The van der Waals surface area contributed by atoms with Crippen molar-refractivity contribution in [2.24, 2.45) is 0 Å². The topological polar surface area (TPSA) is 69.7 Å². The van der Waals surface area contributed by atoms with E-state index in [0.29, 0.717) is 22.6 Å². The number of hydrogen-bond donors (Lipinski definition) is 1. The fourth-order valence-electron chi connectivity index (χ4n) is 4.37. The molecule has 0 saturated carbocycles. The van der Waals surface area contributed by atoms with Gasteiger partial charge in [-0.3, -0.25) is 24.2 Å². The third-order valence-corrected chi connectivity index (χ3v) is 7.14. The van der Waals surface area contributed by atoms with Crippen LogP contribution in [0.2, 0.25) is 0 Å². The van der Waals surface area contributed by atoms with Crippen LogP contribution in [0.3, 0.4) is 0 Å². The van der Waals surface area contributed by atoms with Gasteiger partial charge in [0.25, 0.3) is 5.91 Å². The van der Waals surface area contributed by atoms with Gasteiger partial charge in [0.05, 0.1) is 11.4 Å². The number of hydrogen-bond acceptors (Lipinski definition) is 4. The van der Waals surface area contributed by atoms with E-state index >= 15 is 0 Å². The molecule has 0 unspecified atom stereocenters. The van der Waals surface area contributed by atoms with Crippen LogP contribution >= 0.6 is 11.8 Å². The average Bonchev–Trinajstić information content (AvgIpc) is 3.26. The van der Waals surface area contributed by atoms with E-state index < -0.39 is 10.7 Å². The van der Waals surface area contributed by atoms with Crippen molar-refractivity contribution in [3.8, 4) is 0 Å². The van der Waals surface area contributed by atoms with Gasteiger partial charge in [-0.15, -0.1) is 11.8 Å². The molecule has 2 aliphatic rings. The molecule has 0 aliphatic carbocycles. The summed E-state index contributed by atoms with van der Waals surface area (Å²) in [6.07, 6.45) is 0. The number of nitrogens with one attached hydrogen (secondary N) is 1. The standard InChI is InChI=1S/C25H20FN3O3S/c1-16-5-4-6-18(13-16)27-22(30)14-28-21-8-3-2-7-20(21)25(24(28)32)29(23(31)15-33-25)19-11-9-17(26)10-12-19/h2-13H,14-15H2,1H3,(H,27,30)/t25-/m0/s1. The molecule has 0 bridgehead atoms. The van der Waals surface area contributed by atoms with Crippen LogP contribution in [0.15, 0.2) is 72.8 Å². The molecule has 8 heteroatoms. The number of anilines is 3. The first kappa shape index (κ1) is 21.2. The zero-order valence-electron chi connectivity index (χ0n) is 17.7. The second kappa shape index (κ2) is 8.04. The first-order valence-corrected chi connectivity index (χ1v) is 11.4. The molecule has 1 N–H and O–H groups in total. The Morgan fingerprint density at radius 1 is 1.06 bits per heavy atom. The summed E-state index contributed by atoms with van der Waals surface area (Å²) >= 11 is 1.21. The van der Waals surface area contributed by atoms with Gasteiger partial charge in [0.1, 0.15) is 12.4 Å². The van der Waals surface area contributed by atoms with E-state index in [0.717, 1.165) is 5.56 Å². The zero-order valence-corrected chi connectivity index (χ0v) is 18.6. The number of benzene rings is 3. The highest BCUT2D eigenvalue weighted by Crippen LogP contribution is 2.55. The minimum atomic E-state index is -1.34. The molecule has 3 amide bonds. The van der Waals surface area contributed by atoms with Crippen LogP contribution in [-0.2, 0) is 19.3 Å². The Morgan fingerprint density at radius 3 is 2.58 bits per heavy atom. The van der Waals surface area contributed by atoms with E-state index in [4.69, 9.17) is 0 Å². The van der Waals surface area contributed by atoms with Gasteiger partial charge in [0.15, 0.2) is 0 Å². The lowest BCUT2D eigenvalue weighted by molar-refractivity contribution is -0.124. The number of amides is 3. The third kappa shape index (κ3) is 3.47. The average molecular weight is 462 g/mol. The van der Waals surface area contributed by atoms with E-state index in [1.807, 2.05) is 25.1 Å². The predicted octanol–water partition coefficient (Wildman–Crippen LogP) is 4.05. The van der Waals surface area contributed by atoms with Crippen molar-refractivity contribution in [3.05, 3.63) is 89.7 Å². The number of aryl methyl sites for hydroxylation is 1. The lowest BCUT2D eigenvalue weighted by atomic mass is 10.0. The summed E-state index contributed by atoms with van der Waals surface area (Å²) in [5.74, 6) is -1.30. The van der Waals surface area contributed by atoms with Crippen LogP contribution in [0.4, 0.5) is 21.5 Å². The van der Waals surface area contributed by atoms with Gasteiger partial charge in [0.2, 0.25) is 16.7 Å². The van der Waals surface area contributed by atoms with Gasteiger partial charge in [-0.25, -0.2) is 4.39 Å². The summed E-state index contributed by atoms with van der Waals surface area (Å²) in [6, 6.07) is 20.1. The summed E-state index contributed by atoms with van der Waals surface area (Å²) in [5.41, 5.74) is 3.30. The van der Waals surface area contributed by atoms with Crippen molar-refractivity contribution >= 4 is 46.5 Å². The molecule has 0 radical (unpaired) electrons. The Labute approximate surface area is 194 Å². The molecule has 33 heavy (non-hydrogen) atoms. The van der Waals surface area contributed by atoms with Crippen LogP contribution in [0, 0.1) is 12.7 Å². The Kier molecular flexibility index (Phi) is 5.17. The predicted molar refractivity (Wildman–Crippen MR) is 127 cm³/mol. The molecule has 1 fully saturated rings. The highest BCUT2D eigenvalue weighted by Gasteiger charge is 2.61. The molecule has 3 aromatic carbocycles. The maximum absolute atomic E-state index is 13.9. The second-order valence-electron chi connectivity index (χ2n) is 7.96. The fraction of sp³-hybridized carbons (Fsp3) is 0.160. The molecule has 2 aliphatic heterocycles. The SMILES string of the molecule is Cc1cccc(NC(=O)CN2C(=O)[C@@]3(SCC(=O)N3c3ccc(F)cc3)c3ccccc32)c1. The Balaban J connectivity index is 1.51. The van der Waals surface area contributed by atoms with Crippen LogP contribution in [0.1, 0.15) is 11.1 Å². The van der Waals surface area contributed by atoms with Crippen molar-refractivity contribution in [2.45, 2.75) is 11.8 Å². The number of carbonyl (C=O) groups excluding carboxylic acids is 3. The van der Waals surface area contributed by atoms with Crippen molar-refractivity contribution in [1.82, 2.24) is 0 Å². The van der Waals surface area contributed by atoms with Crippen LogP contribution < -0.4 is 15.1 Å². The lowest BCUT2D eigenvalue weighted by Crippen LogP contribution is -2.50. The zero-order chi connectivity index (χ0) is 23.2. The van der Waals surface area contributed by atoms with Gasteiger partial charge in [-0.1, -0.05) is 30.3 Å². The molecule has 1 atom stereocenters. The number of carbonyl (C=O) groups is 3. The molecular weight excluding hydrogens is 441 g/mol. The lowest BCUT2D eigenvalue weighted by Gasteiger charge is -2.33. The highest BCUT2D eigenvalue weighted by molar-refractivity contribution is 8.02. The molecule has 6 nitrogen and oxygen atoms in total. The van der Waals surface area contributed by atoms with E-state index in [9.17, 15) is 18.8 Å². The molecule has 2 heterocycles. The normalized spacial score (nSPS) is 19.3. The number of para-hydroxylation sites is 1. The summed E-state index contributed by atoms with van der Waals surface area (Å²) in [4.78, 5) is 41.2. The summed E-state index contributed by atoms with van der Waals surface area (Å²) in [6.45, 7) is 1.73. The molecule has 0 aromatic heterocycles. The summed E-state index contributed by atoms with van der Waals surface area (Å²) in [5, 5.41) is 2.84. The van der Waals surface area contributed by atoms with Crippen LogP contribution in [-0.4, -0.2) is 30.0 Å². The van der Waals surface area contributed by atoms with Crippen LogP contribution in [0.25, 0.3) is 0 Å². The number of nitrogens with zero attached hydrogens (tertiary/aromatic N) is 2. The van der Waals surface area contributed by atoms with Crippen molar-refractivity contribution in [2.75, 3.05) is 27.4 Å². The molecule has 166 valence electrons. The Morgan fingerprint density at radius 2 is 1.82 bits per heavy atom. The van der Waals surface area contributed by atoms with Gasteiger partial charge < -0.3 is 5.32 Å². The number of fused-ring (bicyclic) bond motifs is 2. The molecule has 5 rings (SSSR count). The fourth-order valence-corrected chi connectivity index (χ4v) is 5.73. The third-order valence-electron chi connectivity index (χ3n) is 5.75. The first-order chi connectivity index (χ1) is 15.9.